The Morgan fingerprint density at radius 2 is 1.92 bits per heavy atom. The van der Waals surface area contributed by atoms with E-state index in [2.05, 4.69) is 20.4 Å². The first-order valence-corrected chi connectivity index (χ1v) is 13.7. The van der Waals surface area contributed by atoms with Crippen LogP contribution in [0.2, 0.25) is 0 Å². The highest BCUT2D eigenvalue weighted by atomic mass is 16.7. The van der Waals surface area contributed by atoms with E-state index in [1.165, 1.54) is 12.5 Å². The Labute approximate surface area is 218 Å². The molecule has 37 heavy (non-hydrogen) atoms. The van der Waals surface area contributed by atoms with Gasteiger partial charge in [0.15, 0.2) is 11.5 Å². The third-order valence-corrected chi connectivity index (χ3v) is 10.9. The van der Waals surface area contributed by atoms with Crippen molar-refractivity contribution in [2.45, 2.75) is 77.9 Å². The number of benzene rings is 1. The molecule has 0 radical (unpaired) electrons. The molecule has 6 rings (SSSR count). The number of carbonyl (C=O) groups is 2. The average Bonchev–Trinajstić information content (AvgIpc) is 3.43. The van der Waals surface area contributed by atoms with Gasteiger partial charge < -0.3 is 24.1 Å². The summed E-state index contributed by atoms with van der Waals surface area (Å²) < 4.78 is 22.7. The number of ether oxygens (including phenoxy) is 4. The van der Waals surface area contributed by atoms with Crippen LogP contribution >= 0.6 is 0 Å². The summed E-state index contributed by atoms with van der Waals surface area (Å²) in [6, 6.07) is 5.06. The van der Waals surface area contributed by atoms with Crippen LogP contribution in [0, 0.1) is 34.0 Å². The molecule has 0 amide bonds. The Morgan fingerprint density at radius 1 is 1.14 bits per heavy atom. The minimum absolute atomic E-state index is 0.0405. The first-order valence-electron chi connectivity index (χ1n) is 13.7. The van der Waals surface area contributed by atoms with Crippen molar-refractivity contribution in [1.29, 1.82) is 0 Å². The number of hydrogen-bond donors (Lipinski definition) is 1. The summed E-state index contributed by atoms with van der Waals surface area (Å²) in [4.78, 5) is 25.3. The lowest BCUT2D eigenvalue weighted by Crippen LogP contribution is -2.65. The van der Waals surface area contributed by atoms with Crippen molar-refractivity contribution in [2.75, 3.05) is 13.4 Å². The van der Waals surface area contributed by atoms with Gasteiger partial charge in [0.25, 0.3) is 0 Å². The maximum atomic E-state index is 13.3. The lowest BCUT2D eigenvalue weighted by Gasteiger charge is -2.66. The molecule has 1 spiro atoms. The van der Waals surface area contributed by atoms with Gasteiger partial charge in [-0.15, -0.1) is 0 Å². The number of rotatable bonds is 4. The van der Waals surface area contributed by atoms with Crippen LogP contribution in [0.3, 0.4) is 0 Å². The van der Waals surface area contributed by atoms with Crippen molar-refractivity contribution in [2.24, 2.45) is 34.0 Å². The summed E-state index contributed by atoms with van der Waals surface area (Å²) in [7, 11) is 0. The molecule has 8 atom stereocenters. The third kappa shape index (κ3) is 3.63. The molecule has 2 bridgehead atoms. The minimum Gasteiger partial charge on any atom is -0.465 e. The molecule has 1 unspecified atom stereocenters. The maximum absolute atomic E-state index is 13.3. The van der Waals surface area contributed by atoms with Crippen molar-refractivity contribution < 1.29 is 33.6 Å². The second-order valence-corrected chi connectivity index (χ2v) is 12.7. The topological polar surface area (TPSA) is 91.3 Å². The van der Waals surface area contributed by atoms with Crippen LogP contribution in [0.1, 0.15) is 76.1 Å². The fraction of sp³-hybridized carbons (Fsp3) is 0.667. The molecule has 4 aliphatic carbocycles. The lowest BCUT2D eigenvalue weighted by atomic mass is 9.40. The first kappa shape index (κ1) is 24.8. The predicted octanol–water partition coefficient (Wildman–Crippen LogP) is 5.05. The number of aliphatic hydroxyl groups is 1. The summed E-state index contributed by atoms with van der Waals surface area (Å²) in [5.74, 6) is 1.29. The molecule has 1 aliphatic heterocycles. The van der Waals surface area contributed by atoms with Gasteiger partial charge in [-0.2, -0.15) is 0 Å². The van der Waals surface area contributed by atoms with Crippen LogP contribution in [0.15, 0.2) is 30.4 Å². The predicted molar refractivity (Wildman–Crippen MR) is 135 cm³/mol. The van der Waals surface area contributed by atoms with Gasteiger partial charge in [0.2, 0.25) is 6.79 Å². The number of esters is 2. The molecule has 7 heteroatoms. The normalized spacial score (nSPS) is 41.5. The SMILES string of the molecule is C=C1C[C@]23C[C@@H]1CC[C@H]2[C@]1(C)CC[C@@H](OC(=O)c2ccc4c(c2)OCO4)[C@](C)(COC(C)=O)C1C[C@@H]3O. The first-order chi connectivity index (χ1) is 17.6. The van der Waals surface area contributed by atoms with Gasteiger partial charge in [-0.1, -0.05) is 26.0 Å². The molecular formula is C30H38O7. The van der Waals surface area contributed by atoms with Gasteiger partial charge in [-0.05, 0) is 86.3 Å². The van der Waals surface area contributed by atoms with Gasteiger partial charge in [-0.3, -0.25) is 4.79 Å². The van der Waals surface area contributed by atoms with Crippen molar-refractivity contribution in [3.63, 3.8) is 0 Å². The van der Waals surface area contributed by atoms with Crippen molar-refractivity contribution in [3.05, 3.63) is 35.9 Å². The highest BCUT2D eigenvalue weighted by Crippen LogP contribution is 2.72. The van der Waals surface area contributed by atoms with E-state index >= 15 is 0 Å². The molecule has 1 aromatic rings. The van der Waals surface area contributed by atoms with E-state index in [1.54, 1.807) is 18.2 Å². The Kier molecular flexibility index (Phi) is 5.68. The lowest BCUT2D eigenvalue weighted by molar-refractivity contribution is -0.232. The van der Waals surface area contributed by atoms with Crippen LogP contribution in [0.25, 0.3) is 0 Å². The van der Waals surface area contributed by atoms with Gasteiger partial charge >= 0.3 is 11.9 Å². The molecule has 7 nitrogen and oxygen atoms in total. The van der Waals surface area contributed by atoms with Crippen LogP contribution < -0.4 is 9.47 Å². The number of allylic oxidation sites excluding steroid dienone is 1. The van der Waals surface area contributed by atoms with Crippen LogP contribution in [0.4, 0.5) is 0 Å². The van der Waals surface area contributed by atoms with Gasteiger partial charge in [0.05, 0.1) is 11.7 Å². The van der Waals surface area contributed by atoms with E-state index in [0.717, 1.165) is 32.1 Å². The Bertz CT molecular complexity index is 1140. The van der Waals surface area contributed by atoms with Crippen LogP contribution in [0.5, 0.6) is 11.5 Å². The van der Waals surface area contributed by atoms with E-state index in [9.17, 15) is 14.7 Å². The van der Waals surface area contributed by atoms with E-state index in [-0.39, 0.29) is 36.1 Å². The molecular weight excluding hydrogens is 472 g/mol. The van der Waals surface area contributed by atoms with Crippen LogP contribution in [-0.4, -0.2) is 42.7 Å². The molecule has 5 aliphatic rings. The summed E-state index contributed by atoms with van der Waals surface area (Å²) in [5.41, 5.74) is 0.921. The highest BCUT2D eigenvalue weighted by molar-refractivity contribution is 5.90. The third-order valence-electron chi connectivity index (χ3n) is 10.9. The van der Waals surface area contributed by atoms with Crippen molar-refractivity contribution >= 4 is 11.9 Å². The smallest absolute Gasteiger partial charge is 0.338 e. The van der Waals surface area contributed by atoms with Crippen LogP contribution in [-0.2, 0) is 14.3 Å². The molecule has 4 saturated carbocycles. The minimum atomic E-state index is -0.625. The van der Waals surface area contributed by atoms with E-state index in [4.69, 9.17) is 18.9 Å². The second-order valence-electron chi connectivity index (χ2n) is 12.7. The molecule has 0 saturated heterocycles. The monoisotopic (exact) mass is 510 g/mol. The fourth-order valence-corrected chi connectivity index (χ4v) is 9.14. The van der Waals surface area contributed by atoms with Gasteiger partial charge in [-0.25, -0.2) is 4.79 Å². The summed E-state index contributed by atoms with van der Waals surface area (Å²) in [5, 5.41) is 11.7. The Hall–Kier alpha value is -2.54. The summed E-state index contributed by atoms with van der Waals surface area (Å²) >= 11 is 0. The second kappa shape index (κ2) is 8.48. The fourth-order valence-electron chi connectivity index (χ4n) is 9.14. The van der Waals surface area contributed by atoms with Gasteiger partial charge in [0.1, 0.15) is 12.7 Å². The number of aliphatic hydroxyl groups excluding tert-OH is 1. The zero-order valence-electron chi connectivity index (χ0n) is 22.1. The highest BCUT2D eigenvalue weighted by Gasteiger charge is 2.68. The van der Waals surface area contributed by atoms with Crippen molar-refractivity contribution in [3.8, 4) is 11.5 Å². The quantitative estimate of drug-likeness (QED) is 0.448. The number of carbonyl (C=O) groups excluding carboxylic acids is 2. The Balaban J connectivity index is 1.32. The van der Waals surface area contributed by atoms with Gasteiger partial charge in [0, 0.05) is 17.8 Å². The zero-order chi connectivity index (χ0) is 26.2. The molecule has 0 aromatic heterocycles. The molecule has 1 heterocycles. The maximum Gasteiger partial charge on any atom is 0.338 e. The summed E-state index contributed by atoms with van der Waals surface area (Å²) in [6.07, 6.45) is 5.47. The molecule has 1 N–H and O–H groups in total. The van der Waals surface area contributed by atoms with E-state index in [0.29, 0.717) is 41.7 Å². The number of hydrogen-bond acceptors (Lipinski definition) is 7. The van der Waals surface area contributed by atoms with E-state index < -0.39 is 23.6 Å². The zero-order valence-corrected chi connectivity index (χ0v) is 22.1. The van der Waals surface area contributed by atoms with Crippen molar-refractivity contribution in [1.82, 2.24) is 0 Å². The van der Waals surface area contributed by atoms with E-state index in [1.807, 2.05) is 0 Å². The molecule has 1 aromatic carbocycles. The Morgan fingerprint density at radius 3 is 2.70 bits per heavy atom. The average molecular weight is 511 g/mol. The largest absolute Gasteiger partial charge is 0.465 e. The standard InChI is InChI=1S/C30H38O7/c1-17-13-30-14-20(17)6-8-23(30)28(3)10-9-26(29(4,15-34-18(2)31)24(28)12-25(30)32)37-27(33)19-5-7-21-22(11-19)36-16-35-21/h5,7,11,20,23-26,32H,1,6,8-10,12-16H2,2-4H3/t20-,23-,24?,25-,26+,28-,29+,30-/m0/s1. The molecule has 200 valence electrons. The summed E-state index contributed by atoms with van der Waals surface area (Å²) in [6.45, 7) is 10.5. The number of fused-ring (bicyclic) bond motifs is 4. The molecule has 4 fully saturated rings.